The molecule has 23 heavy (non-hydrogen) atoms. The Balaban J connectivity index is 1.94. The van der Waals surface area contributed by atoms with Gasteiger partial charge in [-0.2, -0.15) is 0 Å². The predicted molar refractivity (Wildman–Crippen MR) is 93.8 cm³/mol. The van der Waals surface area contributed by atoms with E-state index in [9.17, 15) is 8.42 Å². The Labute approximate surface area is 138 Å². The fourth-order valence-corrected chi connectivity index (χ4v) is 6.74. The van der Waals surface area contributed by atoms with E-state index < -0.39 is 10.0 Å². The Bertz CT molecular complexity index is 861. The van der Waals surface area contributed by atoms with E-state index >= 15 is 0 Å². The second-order valence-electron chi connectivity index (χ2n) is 7.78. The minimum absolute atomic E-state index is 0.00593. The van der Waals surface area contributed by atoms with Crippen LogP contribution in [0.4, 0.5) is 5.69 Å². The minimum atomic E-state index is -3.43. The van der Waals surface area contributed by atoms with Crippen LogP contribution >= 0.6 is 0 Å². The molecule has 0 amide bonds. The number of benzene rings is 1. The molecule has 2 atom stereocenters. The third kappa shape index (κ3) is 1.90. The van der Waals surface area contributed by atoms with Crippen LogP contribution in [0.3, 0.4) is 0 Å². The molecular weight excluding hydrogens is 306 g/mol. The molecule has 1 saturated heterocycles. The summed E-state index contributed by atoms with van der Waals surface area (Å²) in [6.07, 6.45) is 5.65. The van der Waals surface area contributed by atoms with Crippen molar-refractivity contribution in [3.8, 4) is 0 Å². The summed E-state index contributed by atoms with van der Waals surface area (Å²) in [5.41, 5.74) is 4.37. The van der Waals surface area contributed by atoms with E-state index in [0.29, 0.717) is 4.91 Å². The van der Waals surface area contributed by atoms with Crippen molar-refractivity contribution in [2.45, 2.75) is 46.6 Å². The van der Waals surface area contributed by atoms with Crippen LogP contribution in [0.15, 0.2) is 40.8 Å². The van der Waals surface area contributed by atoms with Crippen LogP contribution in [-0.4, -0.2) is 14.5 Å². The lowest BCUT2D eigenvalue weighted by molar-refractivity contribution is 0.228. The molecule has 0 bridgehead atoms. The lowest BCUT2D eigenvalue weighted by Gasteiger charge is -2.49. The molecule has 0 aromatic heterocycles. The standard InChI is InChI=1S/C19H23NO2S/c1-12-5-7-16-14(9-12)11-18-19(3,4)15-10-13(2)6-8-17(15)23(21,22)20(16)18/h5,7-10,15,18H,6,11H2,1-4H3/t15-,18-/m1/s1. The predicted octanol–water partition coefficient (Wildman–Crippen LogP) is 3.95. The van der Waals surface area contributed by atoms with Gasteiger partial charge in [-0.25, -0.2) is 8.42 Å². The molecule has 2 heterocycles. The van der Waals surface area contributed by atoms with Crippen molar-refractivity contribution >= 4 is 15.7 Å². The average molecular weight is 329 g/mol. The van der Waals surface area contributed by atoms with Crippen LogP contribution in [0.5, 0.6) is 0 Å². The summed E-state index contributed by atoms with van der Waals surface area (Å²) >= 11 is 0. The van der Waals surface area contributed by atoms with Gasteiger partial charge in [0.15, 0.2) is 0 Å². The highest BCUT2D eigenvalue weighted by atomic mass is 32.2. The minimum Gasteiger partial charge on any atom is -0.262 e. The van der Waals surface area contributed by atoms with Gasteiger partial charge >= 0.3 is 0 Å². The van der Waals surface area contributed by atoms with E-state index in [4.69, 9.17) is 0 Å². The van der Waals surface area contributed by atoms with Gasteiger partial charge < -0.3 is 0 Å². The molecule has 4 rings (SSSR count). The van der Waals surface area contributed by atoms with Crippen LogP contribution in [0, 0.1) is 18.3 Å². The number of nitrogens with zero attached hydrogens (tertiary/aromatic N) is 1. The Morgan fingerprint density at radius 3 is 2.70 bits per heavy atom. The summed E-state index contributed by atoms with van der Waals surface area (Å²) in [5, 5.41) is 0. The highest BCUT2D eigenvalue weighted by molar-refractivity contribution is 7.96. The first-order chi connectivity index (χ1) is 10.7. The van der Waals surface area contributed by atoms with Crippen molar-refractivity contribution in [1.29, 1.82) is 0 Å². The molecule has 0 unspecified atom stereocenters. The Morgan fingerprint density at radius 1 is 1.22 bits per heavy atom. The van der Waals surface area contributed by atoms with Crippen molar-refractivity contribution < 1.29 is 8.42 Å². The monoisotopic (exact) mass is 329 g/mol. The molecular formula is C19H23NO2S. The van der Waals surface area contributed by atoms with Gasteiger partial charge in [0.2, 0.25) is 0 Å². The van der Waals surface area contributed by atoms with Crippen LogP contribution < -0.4 is 4.31 Å². The van der Waals surface area contributed by atoms with Crippen LogP contribution in [0.1, 0.15) is 38.3 Å². The molecule has 3 nitrogen and oxygen atoms in total. The lowest BCUT2D eigenvalue weighted by atomic mass is 9.69. The van der Waals surface area contributed by atoms with Crippen LogP contribution in [0.2, 0.25) is 0 Å². The van der Waals surface area contributed by atoms with Crippen molar-refractivity contribution in [3.05, 3.63) is 52.0 Å². The maximum atomic E-state index is 13.3. The van der Waals surface area contributed by atoms with Crippen molar-refractivity contribution in [2.75, 3.05) is 4.31 Å². The molecule has 0 saturated carbocycles. The Morgan fingerprint density at radius 2 is 1.96 bits per heavy atom. The fraction of sp³-hybridized carbons (Fsp3) is 0.474. The number of fused-ring (bicyclic) bond motifs is 4. The molecule has 1 aromatic carbocycles. The van der Waals surface area contributed by atoms with E-state index in [2.05, 4.69) is 39.8 Å². The number of allylic oxidation sites excluding steroid dienone is 4. The highest BCUT2D eigenvalue weighted by Crippen LogP contribution is 2.55. The molecule has 0 N–H and O–H groups in total. The van der Waals surface area contributed by atoms with Gasteiger partial charge in [-0.3, -0.25) is 4.31 Å². The van der Waals surface area contributed by atoms with Crippen LogP contribution in [0.25, 0.3) is 0 Å². The quantitative estimate of drug-likeness (QED) is 0.676. The third-order valence-corrected chi connectivity index (χ3v) is 7.75. The summed E-state index contributed by atoms with van der Waals surface area (Å²) in [7, 11) is -3.43. The second kappa shape index (κ2) is 4.50. The molecule has 0 spiro atoms. The van der Waals surface area contributed by atoms with E-state index in [1.165, 1.54) is 11.1 Å². The lowest BCUT2D eigenvalue weighted by Crippen LogP contribution is -2.56. The maximum Gasteiger partial charge on any atom is 0.261 e. The zero-order chi connectivity index (χ0) is 16.6. The summed E-state index contributed by atoms with van der Waals surface area (Å²) in [5.74, 6) is -0.0158. The normalized spacial score (nSPS) is 30.0. The Kier molecular flexibility index (Phi) is 2.94. The van der Waals surface area contributed by atoms with Gasteiger partial charge in [0, 0.05) is 5.92 Å². The number of rotatable bonds is 0. The molecule has 4 heteroatoms. The van der Waals surface area contributed by atoms with E-state index in [-0.39, 0.29) is 17.4 Å². The first kappa shape index (κ1) is 15.0. The number of hydrogen-bond donors (Lipinski definition) is 0. The smallest absolute Gasteiger partial charge is 0.261 e. The summed E-state index contributed by atoms with van der Waals surface area (Å²) < 4.78 is 28.3. The number of anilines is 1. The first-order valence-electron chi connectivity index (χ1n) is 8.24. The largest absolute Gasteiger partial charge is 0.262 e. The van der Waals surface area contributed by atoms with E-state index in [0.717, 1.165) is 24.1 Å². The van der Waals surface area contributed by atoms with Gasteiger partial charge in [0.1, 0.15) is 0 Å². The van der Waals surface area contributed by atoms with Crippen LogP contribution in [-0.2, 0) is 16.4 Å². The fourth-order valence-electron chi connectivity index (χ4n) is 4.41. The number of aryl methyl sites for hydroxylation is 1. The van der Waals surface area contributed by atoms with Gasteiger partial charge in [0.25, 0.3) is 10.0 Å². The zero-order valence-corrected chi connectivity index (χ0v) is 14.9. The third-order valence-electron chi connectivity index (χ3n) is 5.77. The molecule has 1 aromatic rings. The summed E-state index contributed by atoms with van der Waals surface area (Å²) in [4.78, 5) is 0.595. The van der Waals surface area contributed by atoms with E-state index in [1.807, 2.05) is 18.2 Å². The first-order valence-corrected chi connectivity index (χ1v) is 9.68. The van der Waals surface area contributed by atoms with Gasteiger partial charge in [-0.1, -0.05) is 49.3 Å². The summed E-state index contributed by atoms with van der Waals surface area (Å²) in [6.45, 7) is 8.58. The molecule has 2 aliphatic heterocycles. The molecule has 122 valence electrons. The maximum absolute atomic E-state index is 13.3. The van der Waals surface area contributed by atoms with Gasteiger partial charge in [0.05, 0.1) is 16.6 Å². The molecule has 3 aliphatic rings. The second-order valence-corrected chi connectivity index (χ2v) is 9.59. The zero-order valence-electron chi connectivity index (χ0n) is 14.1. The van der Waals surface area contributed by atoms with Gasteiger partial charge in [-0.15, -0.1) is 0 Å². The van der Waals surface area contributed by atoms with Crippen molar-refractivity contribution in [2.24, 2.45) is 11.3 Å². The van der Waals surface area contributed by atoms with Crippen molar-refractivity contribution in [1.82, 2.24) is 0 Å². The van der Waals surface area contributed by atoms with Crippen molar-refractivity contribution in [3.63, 3.8) is 0 Å². The molecule has 0 radical (unpaired) electrons. The average Bonchev–Trinajstić information content (AvgIpc) is 2.86. The molecule has 1 fully saturated rings. The summed E-state index contributed by atoms with van der Waals surface area (Å²) in [6, 6.07) is 6.12. The number of sulfonamides is 1. The highest BCUT2D eigenvalue weighted by Gasteiger charge is 2.56. The SMILES string of the molecule is CC1=C[C@@H]2C(=CC1)S(=O)(=O)N1c3ccc(C)cc3C[C@@H]1C2(C)C. The van der Waals surface area contributed by atoms with E-state index in [1.54, 1.807) is 4.31 Å². The number of hydrogen-bond acceptors (Lipinski definition) is 2. The van der Waals surface area contributed by atoms with Gasteiger partial charge in [-0.05, 0) is 43.7 Å². The Hall–Kier alpha value is -1.55. The topological polar surface area (TPSA) is 37.4 Å². The molecule has 1 aliphatic carbocycles.